The van der Waals surface area contributed by atoms with Gasteiger partial charge in [-0.2, -0.15) is 0 Å². The first kappa shape index (κ1) is 14.5. The number of likely N-dealkylation sites (tertiary alicyclic amines) is 1. The zero-order valence-electron chi connectivity index (χ0n) is 11.0. The summed E-state index contributed by atoms with van der Waals surface area (Å²) in [5.41, 5.74) is 0. The largest absolute Gasteiger partial charge is 0.396 e. The van der Waals surface area contributed by atoms with Crippen LogP contribution >= 0.6 is 0 Å². The highest BCUT2D eigenvalue weighted by Gasteiger charge is 2.24. The van der Waals surface area contributed by atoms with Gasteiger partial charge < -0.3 is 15.3 Å². The van der Waals surface area contributed by atoms with Crippen LogP contribution in [0.5, 0.6) is 0 Å². The molecule has 0 aliphatic carbocycles. The Kier molecular flexibility index (Phi) is 7.21. The van der Waals surface area contributed by atoms with Crippen LogP contribution in [0.25, 0.3) is 0 Å². The highest BCUT2D eigenvalue weighted by molar-refractivity contribution is 5.78. The minimum absolute atomic E-state index is 0.152. The standard InChI is InChI=1S/C13H26N2O2/c1-2-3-7-14-13(17)12-6-4-8-15(11-12)9-5-10-16/h12,16H,2-11H2,1H3,(H,14,17). The fourth-order valence-corrected chi connectivity index (χ4v) is 2.30. The molecule has 1 aliphatic heterocycles. The second-order valence-corrected chi connectivity index (χ2v) is 4.86. The number of carbonyl (C=O) groups is 1. The monoisotopic (exact) mass is 242 g/mol. The lowest BCUT2D eigenvalue weighted by Crippen LogP contribution is -2.43. The van der Waals surface area contributed by atoms with E-state index in [-0.39, 0.29) is 18.4 Å². The fraction of sp³-hybridized carbons (Fsp3) is 0.923. The van der Waals surface area contributed by atoms with Gasteiger partial charge in [-0.1, -0.05) is 13.3 Å². The number of nitrogens with one attached hydrogen (secondary N) is 1. The van der Waals surface area contributed by atoms with Crippen LogP contribution in [-0.4, -0.2) is 48.7 Å². The highest BCUT2D eigenvalue weighted by Crippen LogP contribution is 2.16. The van der Waals surface area contributed by atoms with Crippen molar-refractivity contribution in [3.05, 3.63) is 0 Å². The number of aliphatic hydroxyl groups excluding tert-OH is 1. The summed E-state index contributed by atoms with van der Waals surface area (Å²) in [7, 11) is 0. The minimum atomic E-state index is 0.152. The predicted molar refractivity (Wildman–Crippen MR) is 68.8 cm³/mol. The molecular weight excluding hydrogens is 216 g/mol. The van der Waals surface area contributed by atoms with Crippen LogP contribution in [-0.2, 0) is 4.79 Å². The number of carbonyl (C=O) groups excluding carboxylic acids is 1. The Balaban J connectivity index is 2.25. The van der Waals surface area contributed by atoms with Crippen molar-refractivity contribution in [1.29, 1.82) is 0 Å². The first-order chi connectivity index (χ1) is 8.27. The average Bonchev–Trinajstić information content (AvgIpc) is 2.37. The van der Waals surface area contributed by atoms with E-state index in [0.717, 1.165) is 58.3 Å². The molecule has 0 radical (unpaired) electrons. The molecule has 1 aliphatic rings. The molecule has 0 aromatic rings. The van der Waals surface area contributed by atoms with Gasteiger partial charge in [0.15, 0.2) is 0 Å². The van der Waals surface area contributed by atoms with Crippen molar-refractivity contribution in [3.8, 4) is 0 Å². The summed E-state index contributed by atoms with van der Waals surface area (Å²) in [6.45, 7) is 6.02. The van der Waals surface area contributed by atoms with E-state index < -0.39 is 0 Å². The third kappa shape index (κ3) is 5.50. The van der Waals surface area contributed by atoms with Gasteiger partial charge in [0.2, 0.25) is 5.91 Å². The van der Waals surface area contributed by atoms with E-state index in [4.69, 9.17) is 5.11 Å². The van der Waals surface area contributed by atoms with Gasteiger partial charge in [0.05, 0.1) is 5.92 Å². The maximum Gasteiger partial charge on any atom is 0.224 e. The van der Waals surface area contributed by atoms with Crippen LogP contribution in [0.1, 0.15) is 39.0 Å². The number of amides is 1. The van der Waals surface area contributed by atoms with Crippen molar-refractivity contribution in [2.24, 2.45) is 5.92 Å². The Morgan fingerprint density at radius 2 is 2.29 bits per heavy atom. The lowest BCUT2D eigenvalue weighted by molar-refractivity contribution is -0.126. The van der Waals surface area contributed by atoms with Gasteiger partial charge in [0.1, 0.15) is 0 Å². The van der Waals surface area contributed by atoms with E-state index in [1.54, 1.807) is 0 Å². The second kappa shape index (κ2) is 8.48. The molecule has 1 heterocycles. The topological polar surface area (TPSA) is 52.6 Å². The lowest BCUT2D eigenvalue weighted by atomic mass is 9.97. The highest BCUT2D eigenvalue weighted by atomic mass is 16.3. The number of hydrogen-bond acceptors (Lipinski definition) is 3. The van der Waals surface area contributed by atoms with Crippen LogP contribution in [0.4, 0.5) is 0 Å². The maximum absolute atomic E-state index is 11.9. The zero-order valence-corrected chi connectivity index (χ0v) is 11.0. The number of unbranched alkanes of at least 4 members (excludes halogenated alkanes) is 1. The number of nitrogens with zero attached hydrogens (tertiary/aromatic N) is 1. The zero-order chi connectivity index (χ0) is 12.5. The molecule has 0 aromatic heterocycles. The summed E-state index contributed by atoms with van der Waals surface area (Å²) < 4.78 is 0. The molecule has 2 N–H and O–H groups in total. The molecule has 0 spiro atoms. The van der Waals surface area contributed by atoms with Crippen LogP contribution in [0, 0.1) is 5.92 Å². The average molecular weight is 242 g/mol. The van der Waals surface area contributed by atoms with Crippen molar-refractivity contribution in [3.63, 3.8) is 0 Å². The Labute approximate surface area is 104 Å². The van der Waals surface area contributed by atoms with Crippen LogP contribution in [0.2, 0.25) is 0 Å². The minimum Gasteiger partial charge on any atom is -0.396 e. The molecule has 4 heteroatoms. The SMILES string of the molecule is CCCCNC(=O)C1CCCN(CCCO)C1. The molecule has 1 rings (SSSR count). The molecule has 1 saturated heterocycles. The molecule has 0 aromatic carbocycles. The lowest BCUT2D eigenvalue weighted by Gasteiger charge is -2.31. The molecule has 0 saturated carbocycles. The van der Waals surface area contributed by atoms with Gasteiger partial charge in [-0.15, -0.1) is 0 Å². The van der Waals surface area contributed by atoms with Crippen LogP contribution in [0.3, 0.4) is 0 Å². The molecule has 1 unspecified atom stereocenters. The van der Waals surface area contributed by atoms with E-state index in [0.29, 0.717) is 0 Å². The summed E-state index contributed by atoms with van der Waals surface area (Å²) in [6, 6.07) is 0. The van der Waals surface area contributed by atoms with Crippen molar-refractivity contribution < 1.29 is 9.90 Å². The predicted octanol–water partition coefficient (Wildman–Crippen LogP) is 0.997. The molecule has 0 bridgehead atoms. The van der Waals surface area contributed by atoms with E-state index in [2.05, 4.69) is 17.1 Å². The van der Waals surface area contributed by atoms with Gasteiger partial charge in [-0.05, 0) is 32.2 Å². The molecule has 1 atom stereocenters. The number of piperidine rings is 1. The third-order valence-electron chi connectivity index (χ3n) is 3.34. The molecule has 17 heavy (non-hydrogen) atoms. The van der Waals surface area contributed by atoms with Gasteiger partial charge in [-0.3, -0.25) is 4.79 Å². The summed E-state index contributed by atoms with van der Waals surface area (Å²) >= 11 is 0. The van der Waals surface area contributed by atoms with E-state index >= 15 is 0 Å². The summed E-state index contributed by atoms with van der Waals surface area (Å²) in [6.07, 6.45) is 5.09. The molecule has 1 amide bonds. The van der Waals surface area contributed by atoms with Gasteiger partial charge in [-0.25, -0.2) is 0 Å². The van der Waals surface area contributed by atoms with Crippen LogP contribution < -0.4 is 5.32 Å². The quantitative estimate of drug-likeness (QED) is 0.655. The van der Waals surface area contributed by atoms with Gasteiger partial charge in [0.25, 0.3) is 0 Å². The number of hydrogen-bond donors (Lipinski definition) is 2. The third-order valence-corrected chi connectivity index (χ3v) is 3.34. The van der Waals surface area contributed by atoms with Crippen LogP contribution in [0.15, 0.2) is 0 Å². The van der Waals surface area contributed by atoms with Gasteiger partial charge in [0, 0.05) is 26.2 Å². The Morgan fingerprint density at radius 3 is 3.00 bits per heavy atom. The van der Waals surface area contributed by atoms with Crippen molar-refractivity contribution in [2.45, 2.75) is 39.0 Å². The van der Waals surface area contributed by atoms with Crippen molar-refractivity contribution >= 4 is 5.91 Å². The Morgan fingerprint density at radius 1 is 1.47 bits per heavy atom. The maximum atomic E-state index is 11.9. The van der Waals surface area contributed by atoms with E-state index in [1.165, 1.54) is 0 Å². The first-order valence-corrected chi connectivity index (χ1v) is 6.88. The summed E-state index contributed by atoms with van der Waals surface area (Å²) in [5, 5.41) is 11.8. The number of rotatable bonds is 7. The molecule has 1 fully saturated rings. The summed E-state index contributed by atoms with van der Waals surface area (Å²) in [4.78, 5) is 14.2. The Bertz CT molecular complexity index is 221. The smallest absolute Gasteiger partial charge is 0.224 e. The molecule has 4 nitrogen and oxygen atoms in total. The van der Waals surface area contributed by atoms with Crippen molar-refractivity contribution in [1.82, 2.24) is 10.2 Å². The summed E-state index contributed by atoms with van der Waals surface area (Å²) in [5.74, 6) is 0.367. The molecule has 100 valence electrons. The van der Waals surface area contributed by atoms with Gasteiger partial charge >= 0.3 is 0 Å². The normalized spacial score (nSPS) is 21.4. The second-order valence-electron chi connectivity index (χ2n) is 4.86. The fourth-order valence-electron chi connectivity index (χ4n) is 2.30. The van der Waals surface area contributed by atoms with Crippen molar-refractivity contribution in [2.75, 3.05) is 32.8 Å². The first-order valence-electron chi connectivity index (χ1n) is 6.88. The molecular formula is C13H26N2O2. The van der Waals surface area contributed by atoms with E-state index in [9.17, 15) is 4.79 Å². The Hall–Kier alpha value is -0.610. The number of aliphatic hydroxyl groups is 1. The van der Waals surface area contributed by atoms with E-state index in [1.807, 2.05) is 0 Å².